The minimum Gasteiger partial charge on any atom is -0.379 e. The predicted octanol–water partition coefficient (Wildman–Crippen LogP) is 0.868. The number of ether oxygens (including phenoxy) is 1. The van der Waals surface area contributed by atoms with Gasteiger partial charge in [0.15, 0.2) is 0 Å². The molecule has 1 heterocycles. The Morgan fingerprint density at radius 1 is 1.29 bits per heavy atom. The maximum atomic E-state index is 12.5. The molecule has 1 aliphatic carbocycles. The van der Waals surface area contributed by atoms with E-state index in [0.717, 1.165) is 26.3 Å². The van der Waals surface area contributed by atoms with Crippen LogP contribution in [0.2, 0.25) is 0 Å². The lowest BCUT2D eigenvalue weighted by atomic mass is 9.81. The van der Waals surface area contributed by atoms with Gasteiger partial charge in [-0.2, -0.15) is 0 Å². The summed E-state index contributed by atoms with van der Waals surface area (Å²) in [5.41, 5.74) is 3.18. The third kappa shape index (κ3) is 2.62. The van der Waals surface area contributed by atoms with Crippen molar-refractivity contribution in [2.75, 3.05) is 32.8 Å². The van der Waals surface area contributed by atoms with Crippen LogP contribution in [0.4, 0.5) is 8.78 Å². The molecule has 0 aromatic rings. The Morgan fingerprint density at radius 3 is 2.50 bits per heavy atom. The number of morpholine rings is 1. The maximum absolute atomic E-state index is 12.5. The molecule has 82 valence electrons. The fourth-order valence-electron chi connectivity index (χ4n) is 1.91. The number of alkyl halides is 2. The molecular formula is C9H16F2N2O. The molecule has 0 amide bonds. The van der Waals surface area contributed by atoms with Gasteiger partial charge < -0.3 is 4.74 Å². The van der Waals surface area contributed by atoms with Gasteiger partial charge in [-0.15, -0.1) is 0 Å². The van der Waals surface area contributed by atoms with Gasteiger partial charge >= 0.3 is 0 Å². The fraction of sp³-hybridized carbons (Fsp3) is 1.00. The number of rotatable bonds is 3. The van der Waals surface area contributed by atoms with Crippen LogP contribution in [-0.2, 0) is 4.74 Å². The standard InChI is InChI=1S/C9H16F2N2O/c10-9(11)5-8(6-9)7-12-13-1-3-14-4-2-13/h8,12H,1-7H2. The fourth-order valence-corrected chi connectivity index (χ4v) is 1.91. The van der Waals surface area contributed by atoms with E-state index in [1.54, 1.807) is 0 Å². The average molecular weight is 206 g/mol. The Morgan fingerprint density at radius 2 is 1.93 bits per heavy atom. The van der Waals surface area contributed by atoms with Crippen molar-refractivity contribution >= 4 is 0 Å². The number of hydrogen-bond acceptors (Lipinski definition) is 3. The number of halogens is 2. The molecule has 0 bridgehead atoms. The van der Waals surface area contributed by atoms with E-state index in [9.17, 15) is 8.78 Å². The molecule has 1 saturated heterocycles. The quantitative estimate of drug-likeness (QED) is 0.741. The Hall–Kier alpha value is -0.260. The third-order valence-electron chi connectivity index (χ3n) is 2.79. The van der Waals surface area contributed by atoms with Crippen LogP contribution >= 0.6 is 0 Å². The highest BCUT2D eigenvalue weighted by Crippen LogP contribution is 2.41. The van der Waals surface area contributed by atoms with E-state index in [-0.39, 0.29) is 18.8 Å². The largest absolute Gasteiger partial charge is 0.379 e. The molecule has 2 rings (SSSR count). The molecule has 1 saturated carbocycles. The van der Waals surface area contributed by atoms with Gasteiger partial charge in [0.1, 0.15) is 0 Å². The lowest BCUT2D eigenvalue weighted by Gasteiger charge is -2.37. The van der Waals surface area contributed by atoms with Crippen LogP contribution in [0.25, 0.3) is 0 Å². The zero-order valence-corrected chi connectivity index (χ0v) is 8.14. The van der Waals surface area contributed by atoms with E-state index in [0.29, 0.717) is 6.54 Å². The van der Waals surface area contributed by atoms with Crippen molar-refractivity contribution in [2.24, 2.45) is 5.92 Å². The van der Waals surface area contributed by atoms with Crippen molar-refractivity contribution in [3.8, 4) is 0 Å². The van der Waals surface area contributed by atoms with Crippen LogP contribution in [0.3, 0.4) is 0 Å². The first kappa shape index (κ1) is 10.3. The first-order valence-electron chi connectivity index (χ1n) is 5.10. The monoisotopic (exact) mass is 206 g/mol. The SMILES string of the molecule is FC1(F)CC(CNN2CCOCC2)C1. The summed E-state index contributed by atoms with van der Waals surface area (Å²) in [7, 11) is 0. The van der Waals surface area contributed by atoms with Crippen molar-refractivity contribution in [1.82, 2.24) is 10.4 Å². The van der Waals surface area contributed by atoms with Crippen LogP contribution in [0.5, 0.6) is 0 Å². The lowest BCUT2D eigenvalue weighted by Crippen LogP contribution is -2.50. The van der Waals surface area contributed by atoms with E-state index in [1.807, 2.05) is 0 Å². The molecular weight excluding hydrogens is 190 g/mol. The van der Waals surface area contributed by atoms with Gasteiger partial charge in [0.25, 0.3) is 0 Å². The van der Waals surface area contributed by atoms with Crippen LogP contribution in [0.1, 0.15) is 12.8 Å². The van der Waals surface area contributed by atoms with Crippen molar-refractivity contribution in [2.45, 2.75) is 18.8 Å². The first-order chi connectivity index (χ1) is 6.66. The normalized spacial score (nSPS) is 28.7. The van der Waals surface area contributed by atoms with Gasteiger partial charge in [-0.25, -0.2) is 13.8 Å². The predicted molar refractivity (Wildman–Crippen MR) is 48.1 cm³/mol. The molecule has 0 aromatic heterocycles. The van der Waals surface area contributed by atoms with Crippen molar-refractivity contribution < 1.29 is 13.5 Å². The number of nitrogens with zero attached hydrogens (tertiary/aromatic N) is 1. The molecule has 0 atom stereocenters. The number of nitrogens with one attached hydrogen (secondary N) is 1. The van der Waals surface area contributed by atoms with Gasteiger partial charge in [-0.1, -0.05) is 0 Å². The summed E-state index contributed by atoms with van der Waals surface area (Å²) in [6, 6.07) is 0. The van der Waals surface area contributed by atoms with E-state index in [1.165, 1.54) is 0 Å². The van der Waals surface area contributed by atoms with Gasteiger partial charge in [0.05, 0.1) is 13.2 Å². The molecule has 1 N–H and O–H groups in total. The maximum Gasteiger partial charge on any atom is 0.248 e. The summed E-state index contributed by atoms with van der Waals surface area (Å²) in [5, 5.41) is 2.06. The molecule has 5 heteroatoms. The number of hydrazine groups is 1. The van der Waals surface area contributed by atoms with Crippen molar-refractivity contribution in [1.29, 1.82) is 0 Å². The van der Waals surface area contributed by atoms with E-state index < -0.39 is 5.92 Å². The summed E-state index contributed by atoms with van der Waals surface area (Å²) in [5.74, 6) is -2.25. The summed E-state index contributed by atoms with van der Waals surface area (Å²) in [4.78, 5) is 0. The topological polar surface area (TPSA) is 24.5 Å². The Bertz CT molecular complexity index is 187. The second-order valence-corrected chi connectivity index (χ2v) is 4.09. The Balaban J connectivity index is 1.59. The zero-order valence-electron chi connectivity index (χ0n) is 8.14. The molecule has 0 unspecified atom stereocenters. The zero-order chi connectivity index (χ0) is 10.0. The first-order valence-corrected chi connectivity index (χ1v) is 5.10. The lowest BCUT2D eigenvalue weighted by molar-refractivity contribution is -0.114. The van der Waals surface area contributed by atoms with E-state index in [4.69, 9.17) is 4.74 Å². The van der Waals surface area contributed by atoms with Crippen LogP contribution in [0, 0.1) is 5.92 Å². The Labute approximate surface area is 82.4 Å². The highest BCUT2D eigenvalue weighted by Gasteiger charge is 2.44. The molecule has 2 fully saturated rings. The summed E-state index contributed by atoms with van der Waals surface area (Å²) >= 11 is 0. The minimum absolute atomic E-state index is 0.0460. The minimum atomic E-state index is -2.39. The van der Waals surface area contributed by atoms with E-state index >= 15 is 0 Å². The molecule has 0 aromatic carbocycles. The van der Waals surface area contributed by atoms with Crippen molar-refractivity contribution in [3.05, 3.63) is 0 Å². The summed E-state index contributed by atoms with van der Waals surface area (Å²) < 4.78 is 30.2. The van der Waals surface area contributed by atoms with Crippen LogP contribution < -0.4 is 5.43 Å². The second-order valence-electron chi connectivity index (χ2n) is 4.09. The van der Waals surface area contributed by atoms with Crippen LogP contribution in [0.15, 0.2) is 0 Å². The third-order valence-corrected chi connectivity index (χ3v) is 2.79. The van der Waals surface area contributed by atoms with Gasteiger partial charge in [-0.3, -0.25) is 5.43 Å². The van der Waals surface area contributed by atoms with Crippen molar-refractivity contribution in [3.63, 3.8) is 0 Å². The van der Waals surface area contributed by atoms with E-state index in [2.05, 4.69) is 10.4 Å². The van der Waals surface area contributed by atoms with Gasteiger partial charge in [-0.05, 0) is 5.92 Å². The van der Waals surface area contributed by atoms with Crippen LogP contribution in [-0.4, -0.2) is 43.8 Å². The molecule has 0 spiro atoms. The highest BCUT2D eigenvalue weighted by atomic mass is 19.3. The van der Waals surface area contributed by atoms with Gasteiger partial charge in [0, 0.05) is 32.5 Å². The molecule has 0 radical (unpaired) electrons. The molecule has 1 aliphatic heterocycles. The highest BCUT2D eigenvalue weighted by molar-refractivity contribution is 4.86. The Kier molecular flexibility index (Phi) is 2.99. The summed E-state index contributed by atoms with van der Waals surface area (Å²) in [6.07, 6.45) is 0.0919. The molecule has 2 aliphatic rings. The molecule has 3 nitrogen and oxygen atoms in total. The number of hydrogen-bond donors (Lipinski definition) is 1. The summed E-state index contributed by atoms with van der Waals surface area (Å²) in [6.45, 7) is 3.84. The molecule has 14 heavy (non-hydrogen) atoms. The smallest absolute Gasteiger partial charge is 0.248 e. The second kappa shape index (κ2) is 4.08. The van der Waals surface area contributed by atoms with Gasteiger partial charge in [0.2, 0.25) is 5.92 Å². The average Bonchev–Trinajstić information content (AvgIpc) is 2.13.